The fourth-order valence-corrected chi connectivity index (χ4v) is 2.50. The van der Waals surface area contributed by atoms with Gasteiger partial charge in [0.15, 0.2) is 0 Å². The molecule has 0 saturated heterocycles. The van der Waals surface area contributed by atoms with Crippen molar-refractivity contribution in [1.82, 2.24) is 4.57 Å². The highest BCUT2D eigenvalue weighted by Crippen LogP contribution is 2.32. The van der Waals surface area contributed by atoms with Crippen molar-refractivity contribution >= 4 is 11.6 Å². The summed E-state index contributed by atoms with van der Waals surface area (Å²) in [6, 6.07) is 4.69. The predicted molar refractivity (Wildman–Crippen MR) is 77.4 cm³/mol. The normalized spacial score (nSPS) is 12.5. The van der Waals surface area contributed by atoms with Crippen molar-refractivity contribution in [3.05, 3.63) is 56.8 Å². The second kappa shape index (κ2) is 5.95. The molecule has 0 bridgehead atoms. The van der Waals surface area contributed by atoms with Crippen molar-refractivity contribution < 1.29 is 13.9 Å². The van der Waals surface area contributed by atoms with Gasteiger partial charge in [0.2, 0.25) is 0 Å². The highest BCUT2D eigenvalue weighted by Gasteiger charge is 2.22. The quantitative estimate of drug-likeness (QED) is 0.942. The lowest BCUT2D eigenvalue weighted by Gasteiger charge is -2.19. The predicted octanol–water partition coefficient (Wildman–Crippen LogP) is 3.52. The molecular weight excluding hydrogens is 300 g/mol. The molecule has 0 spiro atoms. The average Bonchev–Trinajstić information content (AvgIpc) is 2.42. The van der Waals surface area contributed by atoms with Crippen molar-refractivity contribution in [2.45, 2.75) is 26.5 Å². The van der Waals surface area contributed by atoms with E-state index in [1.165, 1.54) is 19.1 Å². The summed E-state index contributed by atoms with van der Waals surface area (Å²) in [4.78, 5) is 12.1. The summed E-state index contributed by atoms with van der Waals surface area (Å²) >= 11 is 5.85. The Kier molecular flexibility index (Phi) is 4.44. The van der Waals surface area contributed by atoms with Crippen LogP contribution in [0, 0.1) is 11.6 Å². The number of rotatable bonds is 3. The number of aliphatic hydroxyl groups is 1. The van der Waals surface area contributed by atoms with E-state index < -0.39 is 23.3 Å². The standard InChI is InChI=1S/C15H14ClF2NO2/c1-3-19-14(13-11(17)5-4-6-12(13)18)9(8(2)20)7-10(16)15(19)21/h4-8,20H,3H2,1-2H3. The molecule has 0 aliphatic heterocycles. The summed E-state index contributed by atoms with van der Waals surface area (Å²) in [6.07, 6.45) is -1.03. The third-order valence-electron chi connectivity index (χ3n) is 3.24. The third kappa shape index (κ3) is 2.71. The van der Waals surface area contributed by atoms with Crippen LogP contribution < -0.4 is 5.56 Å². The van der Waals surface area contributed by atoms with Crippen LogP contribution in [0.1, 0.15) is 25.5 Å². The van der Waals surface area contributed by atoms with E-state index in [2.05, 4.69) is 0 Å². The average molecular weight is 314 g/mol. The minimum Gasteiger partial charge on any atom is -0.389 e. The van der Waals surface area contributed by atoms with Gasteiger partial charge in [-0.2, -0.15) is 0 Å². The molecule has 1 aromatic heterocycles. The fourth-order valence-electron chi connectivity index (χ4n) is 2.28. The number of hydrogen-bond donors (Lipinski definition) is 1. The Morgan fingerprint density at radius 3 is 2.38 bits per heavy atom. The molecule has 3 nitrogen and oxygen atoms in total. The van der Waals surface area contributed by atoms with E-state index in [1.807, 2.05) is 0 Å². The second-order valence-corrected chi connectivity index (χ2v) is 5.03. The first kappa shape index (κ1) is 15.7. The van der Waals surface area contributed by atoms with E-state index in [1.54, 1.807) is 6.92 Å². The minimum atomic E-state index is -1.03. The molecule has 1 aromatic carbocycles. The SMILES string of the molecule is CCn1c(-c2c(F)cccc2F)c(C(C)O)cc(Cl)c1=O. The van der Waals surface area contributed by atoms with E-state index in [9.17, 15) is 18.7 Å². The summed E-state index contributed by atoms with van der Waals surface area (Å²) in [5.74, 6) is -1.61. The number of pyridine rings is 1. The van der Waals surface area contributed by atoms with Gasteiger partial charge in [-0.15, -0.1) is 0 Å². The van der Waals surface area contributed by atoms with Gasteiger partial charge in [-0.1, -0.05) is 17.7 Å². The number of aromatic nitrogens is 1. The molecule has 112 valence electrons. The smallest absolute Gasteiger partial charge is 0.269 e. The van der Waals surface area contributed by atoms with E-state index in [4.69, 9.17) is 11.6 Å². The molecule has 0 saturated carbocycles. The Morgan fingerprint density at radius 2 is 1.90 bits per heavy atom. The second-order valence-electron chi connectivity index (χ2n) is 4.62. The van der Waals surface area contributed by atoms with Crippen LogP contribution in [0.3, 0.4) is 0 Å². The third-order valence-corrected chi connectivity index (χ3v) is 3.51. The van der Waals surface area contributed by atoms with Crippen LogP contribution in [0.5, 0.6) is 0 Å². The molecule has 0 aliphatic rings. The largest absolute Gasteiger partial charge is 0.389 e. The van der Waals surface area contributed by atoms with Crippen LogP contribution in [0.4, 0.5) is 8.78 Å². The van der Waals surface area contributed by atoms with E-state index in [0.717, 1.165) is 16.7 Å². The van der Waals surface area contributed by atoms with Crippen molar-refractivity contribution in [3.8, 4) is 11.3 Å². The maximum absolute atomic E-state index is 14.1. The summed E-state index contributed by atoms with van der Waals surface area (Å²) in [7, 11) is 0. The van der Waals surface area contributed by atoms with Crippen LogP contribution >= 0.6 is 11.6 Å². The maximum atomic E-state index is 14.1. The van der Waals surface area contributed by atoms with Crippen molar-refractivity contribution in [1.29, 1.82) is 0 Å². The molecule has 2 aromatic rings. The summed E-state index contributed by atoms with van der Waals surface area (Å²) in [5.41, 5.74) is -0.687. The first-order chi connectivity index (χ1) is 9.88. The summed E-state index contributed by atoms with van der Waals surface area (Å²) in [6.45, 7) is 3.27. The van der Waals surface area contributed by atoms with Gasteiger partial charge < -0.3 is 9.67 Å². The maximum Gasteiger partial charge on any atom is 0.269 e. The molecule has 21 heavy (non-hydrogen) atoms. The van der Waals surface area contributed by atoms with Crippen LogP contribution in [-0.4, -0.2) is 9.67 Å². The number of hydrogen-bond acceptors (Lipinski definition) is 2. The van der Waals surface area contributed by atoms with Gasteiger partial charge in [0.25, 0.3) is 5.56 Å². The van der Waals surface area contributed by atoms with E-state index in [-0.39, 0.29) is 28.4 Å². The van der Waals surface area contributed by atoms with Gasteiger partial charge >= 0.3 is 0 Å². The Morgan fingerprint density at radius 1 is 1.33 bits per heavy atom. The Bertz CT molecular complexity index is 721. The number of halogens is 3. The summed E-state index contributed by atoms with van der Waals surface area (Å²) < 4.78 is 29.3. The molecule has 1 heterocycles. The van der Waals surface area contributed by atoms with Gasteiger partial charge in [-0.3, -0.25) is 4.79 Å². The van der Waals surface area contributed by atoms with Gasteiger partial charge in [-0.05, 0) is 32.0 Å². The molecule has 1 atom stereocenters. The van der Waals surface area contributed by atoms with Gasteiger partial charge in [0, 0.05) is 12.1 Å². The molecule has 0 fully saturated rings. The highest BCUT2D eigenvalue weighted by atomic mass is 35.5. The highest BCUT2D eigenvalue weighted by molar-refractivity contribution is 6.30. The molecule has 0 radical (unpaired) electrons. The zero-order valence-electron chi connectivity index (χ0n) is 11.5. The molecular formula is C15H14ClF2NO2. The number of aliphatic hydroxyl groups excluding tert-OH is 1. The molecule has 2 rings (SSSR count). The summed E-state index contributed by atoms with van der Waals surface area (Å²) in [5, 5.41) is 9.76. The van der Waals surface area contributed by atoms with Crippen LogP contribution in [0.15, 0.2) is 29.1 Å². The van der Waals surface area contributed by atoms with Crippen molar-refractivity contribution in [2.75, 3.05) is 0 Å². The molecule has 0 amide bonds. The fraction of sp³-hybridized carbons (Fsp3) is 0.267. The van der Waals surface area contributed by atoms with Crippen molar-refractivity contribution in [2.24, 2.45) is 0 Å². The number of benzene rings is 1. The first-order valence-electron chi connectivity index (χ1n) is 6.44. The Balaban J connectivity index is 2.96. The minimum absolute atomic E-state index is 0.0116. The lowest BCUT2D eigenvalue weighted by atomic mass is 10.0. The van der Waals surface area contributed by atoms with Crippen LogP contribution in [0.2, 0.25) is 5.02 Å². The van der Waals surface area contributed by atoms with Crippen LogP contribution in [-0.2, 0) is 6.54 Å². The Hall–Kier alpha value is -1.72. The first-order valence-corrected chi connectivity index (χ1v) is 6.82. The lowest BCUT2D eigenvalue weighted by molar-refractivity contribution is 0.199. The molecule has 0 aliphatic carbocycles. The molecule has 6 heteroatoms. The van der Waals surface area contributed by atoms with Crippen LogP contribution in [0.25, 0.3) is 11.3 Å². The molecule has 1 unspecified atom stereocenters. The van der Waals surface area contributed by atoms with E-state index in [0.29, 0.717) is 0 Å². The number of nitrogens with zero attached hydrogens (tertiary/aromatic N) is 1. The monoisotopic (exact) mass is 313 g/mol. The van der Waals surface area contributed by atoms with E-state index >= 15 is 0 Å². The lowest BCUT2D eigenvalue weighted by Crippen LogP contribution is -2.24. The zero-order valence-corrected chi connectivity index (χ0v) is 12.3. The zero-order chi connectivity index (χ0) is 15.7. The topological polar surface area (TPSA) is 42.2 Å². The van der Waals surface area contributed by atoms with Gasteiger partial charge in [0.05, 0.1) is 17.4 Å². The Labute approximate surface area is 125 Å². The van der Waals surface area contributed by atoms with Gasteiger partial charge in [-0.25, -0.2) is 8.78 Å². The van der Waals surface area contributed by atoms with Gasteiger partial charge in [0.1, 0.15) is 16.7 Å². The van der Waals surface area contributed by atoms with Crippen molar-refractivity contribution in [3.63, 3.8) is 0 Å². The molecule has 1 N–H and O–H groups in total.